The molecule has 3 heterocycles. The summed E-state index contributed by atoms with van der Waals surface area (Å²) in [6.45, 7) is 1.62. The molecule has 0 atom stereocenters. The summed E-state index contributed by atoms with van der Waals surface area (Å²) in [6.07, 6.45) is 7.99. The van der Waals surface area contributed by atoms with Crippen LogP contribution in [0.25, 0.3) is 5.82 Å². The molecule has 1 aliphatic rings. The molecule has 26 heavy (non-hydrogen) atoms. The number of pyridine rings is 1. The first kappa shape index (κ1) is 16.4. The second-order valence-corrected chi connectivity index (χ2v) is 6.70. The van der Waals surface area contributed by atoms with E-state index in [1.54, 1.807) is 23.4 Å². The molecule has 1 aliphatic heterocycles. The van der Waals surface area contributed by atoms with E-state index in [-0.39, 0.29) is 5.91 Å². The molecule has 4 rings (SSSR count). The van der Waals surface area contributed by atoms with Crippen LogP contribution in [-0.4, -0.2) is 43.6 Å². The molecule has 132 valence electrons. The Morgan fingerprint density at radius 2 is 1.73 bits per heavy atom. The highest BCUT2D eigenvalue weighted by Crippen LogP contribution is 2.23. The van der Waals surface area contributed by atoms with Gasteiger partial charge in [-0.1, -0.05) is 30.3 Å². The Morgan fingerprint density at radius 1 is 1.00 bits per heavy atom. The number of nitrogens with zero attached hydrogens (tertiary/aromatic N) is 5. The van der Waals surface area contributed by atoms with Crippen molar-refractivity contribution >= 4 is 5.91 Å². The number of hydrogen-bond donors (Lipinski definition) is 0. The number of hydrogen-bond acceptors (Lipinski definition) is 4. The van der Waals surface area contributed by atoms with Gasteiger partial charge in [-0.25, -0.2) is 4.98 Å². The van der Waals surface area contributed by atoms with Crippen molar-refractivity contribution in [2.45, 2.75) is 19.3 Å². The Bertz CT molecular complexity index is 838. The average molecular weight is 347 g/mol. The van der Waals surface area contributed by atoms with Gasteiger partial charge in [0.2, 0.25) is 0 Å². The van der Waals surface area contributed by atoms with Crippen LogP contribution in [0.1, 0.15) is 28.8 Å². The molecule has 0 radical (unpaired) electrons. The summed E-state index contributed by atoms with van der Waals surface area (Å²) in [5.41, 5.74) is 2.01. The van der Waals surface area contributed by atoms with Crippen molar-refractivity contribution in [3.05, 3.63) is 72.4 Å². The van der Waals surface area contributed by atoms with Crippen LogP contribution in [-0.2, 0) is 6.42 Å². The summed E-state index contributed by atoms with van der Waals surface area (Å²) in [4.78, 5) is 19.0. The molecular formula is C20H21N5O. The number of likely N-dealkylation sites (tertiary alicyclic amines) is 1. The molecule has 3 aromatic rings. The van der Waals surface area contributed by atoms with E-state index in [1.165, 1.54) is 5.56 Å². The fraction of sp³-hybridized carbons (Fsp3) is 0.300. The number of carbonyl (C=O) groups excluding carboxylic acids is 1. The molecule has 2 aromatic heterocycles. The third-order valence-corrected chi connectivity index (χ3v) is 4.95. The minimum absolute atomic E-state index is 0.0611. The highest BCUT2D eigenvalue weighted by atomic mass is 16.2. The maximum Gasteiger partial charge on any atom is 0.255 e. The summed E-state index contributed by atoms with van der Waals surface area (Å²) >= 11 is 0. The third-order valence-electron chi connectivity index (χ3n) is 4.95. The Hall–Kier alpha value is -3.02. The van der Waals surface area contributed by atoms with E-state index in [2.05, 4.69) is 39.4 Å². The molecular weight excluding hydrogens is 326 g/mol. The van der Waals surface area contributed by atoms with Crippen LogP contribution in [0.5, 0.6) is 0 Å². The van der Waals surface area contributed by atoms with Crippen molar-refractivity contribution in [1.82, 2.24) is 24.6 Å². The Kier molecular flexibility index (Phi) is 4.73. The van der Waals surface area contributed by atoms with E-state index in [0.29, 0.717) is 17.3 Å². The fourth-order valence-corrected chi connectivity index (χ4v) is 3.45. The second-order valence-electron chi connectivity index (χ2n) is 6.70. The average Bonchev–Trinajstić information content (AvgIpc) is 3.24. The van der Waals surface area contributed by atoms with Gasteiger partial charge in [-0.15, -0.1) is 10.2 Å². The maximum absolute atomic E-state index is 12.7. The summed E-state index contributed by atoms with van der Waals surface area (Å²) in [5.74, 6) is 1.41. The number of aromatic nitrogens is 4. The first-order valence-electron chi connectivity index (χ1n) is 8.94. The SMILES string of the molecule is O=C(c1ccc(-n2cnnc2)nc1)N1CCC(Cc2ccccc2)CC1. The molecule has 1 saturated heterocycles. The topological polar surface area (TPSA) is 63.9 Å². The lowest BCUT2D eigenvalue weighted by Gasteiger charge is -2.32. The molecule has 0 saturated carbocycles. The Balaban J connectivity index is 1.34. The standard InChI is InChI=1S/C20H21N5O/c26-20(18-6-7-19(21-13-18)25-14-22-23-15-25)24-10-8-17(9-11-24)12-16-4-2-1-3-5-16/h1-7,13-15,17H,8-12H2. The van der Waals surface area contributed by atoms with Gasteiger partial charge in [-0.05, 0) is 42.9 Å². The first-order valence-corrected chi connectivity index (χ1v) is 8.94. The van der Waals surface area contributed by atoms with Crippen molar-refractivity contribution in [1.29, 1.82) is 0 Å². The summed E-state index contributed by atoms with van der Waals surface area (Å²) in [5, 5.41) is 7.53. The number of rotatable bonds is 4. The number of benzene rings is 1. The largest absolute Gasteiger partial charge is 0.339 e. The van der Waals surface area contributed by atoms with E-state index >= 15 is 0 Å². The van der Waals surface area contributed by atoms with Crippen LogP contribution in [0.3, 0.4) is 0 Å². The van der Waals surface area contributed by atoms with Crippen molar-refractivity contribution < 1.29 is 4.79 Å². The maximum atomic E-state index is 12.7. The monoisotopic (exact) mass is 347 g/mol. The van der Waals surface area contributed by atoms with Crippen molar-refractivity contribution in [3.63, 3.8) is 0 Å². The van der Waals surface area contributed by atoms with Gasteiger partial charge in [-0.3, -0.25) is 9.36 Å². The minimum atomic E-state index is 0.0611. The zero-order chi connectivity index (χ0) is 17.8. The van der Waals surface area contributed by atoms with Gasteiger partial charge in [0.15, 0.2) is 0 Å². The van der Waals surface area contributed by atoms with Crippen LogP contribution in [0.2, 0.25) is 0 Å². The predicted octanol–water partition coefficient (Wildman–Crippen LogP) is 2.76. The van der Waals surface area contributed by atoms with E-state index in [1.807, 2.05) is 23.1 Å². The third kappa shape index (κ3) is 3.64. The van der Waals surface area contributed by atoms with E-state index in [9.17, 15) is 4.79 Å². The van der Waals surface area contributed by atoms with Gasteiger partial charge in [-0.2, -0.15) is 0 Å². The molecule has 0 unspecified atom stereocenters. The Labute approximate surface area is 152 Å². The van der Waals surface area contributed by atoms with Crippen LogP contribution in [0.15, 0.2) is 61.3 Å². The predicted molar refractivity (Wildman–Crippen MR) is 97.9 cm³/mol. The van der Waals surface area contributed by atoms with Gasteiger partial charge < -0.3 is 4.90 Å². The smallest absolute Gasteiger partial charge is 0.255 e. The molecule has 1 amide bonds. The Morgan fingerprint density at radius 3 is 2.38 bits per heavy atom. The molecule has 0 bridgehead atoms. The molecule has 0 aliphatic carbocycles. The highest BCUT2D eigenvalue weighted by molar-refractivity contribution is 5.94. The van der Waals surface area contributed by atoms with Crippen LogP contribution < -0.4 is 0 Å². The molecule has 0 N–H and O–H groups in total. The van der Waals surface area contributed by atoms with Crippen LogP contribution >= 0.6 is 0 Å². The van der Waals surface area contributed by atoms with Crippen LogP contribution in [0.4, 0.5) is 0 Å². The molecule has 1 fully saturated rings. The van der Waals surface area contributed by atoms with Crippen molar-refractivity contribution in [2.75, 3.05) is 13.1 Å². The van der Waals surface area contributed by atoms with Gasteiger partial charge in [0, 0.05) is 19.3 Å². The molecule has 6 nitrogen and oxygen atoms in total. The van der Waals surface area contributed by atoms with E-state index < -0.39 is 0 Å². The first-order chi connectivity index (χ1) is 12.8. The molecule has 0 spiro atoms. The summed E-state index contributed by atoms with van der Waals surface area (Å²) in [6, 6.07) is 14.2. The summed E-state index contributed by atoms with van der Waals surface area (Å²) in [7, 11) is 0. The number of piperidine rings is 1. The van der Waals surface area contributed by atoms with Crippen molar-refractivity contribution in [2.24, 2.45) is 5.92 Å². The van der Waals surface area contributed by atoms with Gasteiger partial charge in [0.1, 0.15) is 18.5 Å². The highest BCUT2D eigenvalue weighted by Gasteiger charge is 2.24. The lowest BCUT2D eigenvalue weighted by atomic mass is 9.90. The van der Waals surface area contributed by atoms with Gasteiger partial charge >= 0.3 is 0 Å². The van der Waals surface area contributed by atoms with E-state index in [4.69, 9.17) is 0 Å². The fourth-order valence-electron chi connectivity index (χ4n) is 3.45. The summed E-state index contributed by atoms with van der Waals surface area (Å²) < 4.78 is 1.71. The lowest BCUT2D eigenvalue weighted by Crippen LogP contribution is -2.39. The van der Waals surface area contributed by atoms with Gasteiger partial charge in [0.25, 0.3) is 5.91 Å². The number of amides is 1. The van der Waals surface area contributed by atoms with E-state index in [0.717, 1.165) is 32.4 Å². The lowest BCUT2D eigenvalue weighted by molar-refractivity contribution is 0.0690. The molecule has 6 heteroatoms. The number of carbonyl (C=O) groups is 1. The van der Waals surface area contributed by atoms with Crippen LogP contribution in [0, 0.1) is 5.92 Å². The van der Waals surface area contributed by atoms with Gasteiger partial charge in [0.05, 0.1) is 5.56 Å². The minimum Gasteiger partial charge on any atom is -0.339 e. The zero-order valence-corrected chi connectivity index (χ0v) is 14.5. The second kappa shape index (κ2) is 7.47. The normalized spacial score (nSPS) is 15.2. The molecule has 1 aromatic carbocycles. The quantitative estimate of drug-likeness (QED) is 0.728. The van der Waals surface area contributed by atoms with Crippen molar-refractivity contribution in [3.8, 4) is 5.82 Å². The zero-order valence-electron chi connectivity index (χ0n) is 14.5.